The van der Waals surface area contributed by atoms with E-state index in [-0.39, 0.29) is 18.0 Å². The van der Waals surface area contributed by atoms with E-state index in [9.17, 15) is 4.39 Å². The van der Waals surface area contributed by atoms with Crippen LogP contribution in [-0.2, 0) is 11.8 Å². The smallest absolute Gasteiger partial charge is 0.124 e. The van der Waals surface area contributed by atoms with Gasteiger partial charge in [0, 0.05) is 41.7 Å². The first kappa shape index (κ1) is 16.0. The lowest BCUT2D eigenvalue weighted by Crippen LogP contribution is -2.24. The second-order valence-electron chi connectivity index (χ2n) is 6.61. The number of pyridine rings is 1. The Morgan fingerprint density at radius 2 is 2.12 bits per heavy atom. The zero-order valence-electron chi connectivity index (χ0n) is 14.6. The van der Waals surface area contributed by atoms with E-state index in [0.29, 0.717) is 6.61 Å². The summed E-state index contributed by atoms with van der Waals surface area (Å²) in [6.45, 7) is 4.68. The molecule has 130 valence electrons. The molecule has 25 heavy (non-hydrogen) atoms. The molecule has 0 unspecified atom stereocenters. The Hall–Kier alpha value is -2.47. The van der Waals surface area contributed by atoms with Gasteiger partial charge in [-0.15, -0.1) is 0 Å². The molecule has 6 heteroatoms. The number of ether oxygens (including phenoxy) is 1. The molecule has 5 nitrogen and oxygen atoms in total. The van der Waals surface area contributed by atoms with Crippen LogP contribution in [-0.4, -0.2) is 27.4 Å². The molecule has 0 amide bonds. The fourth-order valence-electron chi connectivity index (χ4n) is 3.49. The van der Waals surface area contributed by atoms with Crippen molar-refractivity contribution >= 4 is 16.6 Å². The third-order valence-corrected chi connectivity index (χ3v) is 4.91. The average molecular weight is 340 g/mol. The summed E-state index contributed by atoms with van der Waals surface area (Å²) in [5, 5.41) is 8.69. The van der Waals surface area contributed by atoms with E-state index in [4.69, 9.17) is 4.74 Å². The molecule has 2 atom stereocenters. The van der Waals surface area contributed by atoms with Crippen LogP contribution in [0.25, 0.3) is 10.9 Å². The number of nitrogens with zero attached hydrogens (tertiary/aromatic N) is 3. The minimum Gasteiger partial charge on any atom is -0.379 e. The van der Waals surface area contributed by atoms with E-state index >= 15 is 0 Å². The number of benzene rings is 1. The van der Waals surface area contributed by atoms with E-state index in [1.165, 1.54) is 12.1 Å². The van der Waals surface area contributed by atoms with Gasteiger partial charge in [-0.25, -0.2) is 4.39 Å². The summed E-state index contributed by atoms with van der Waals surface area (Å²) in [5.74, 6) is -0.261. The molecule has 0 radical (unpaired) electrons. The number of aromatic nitrogens is 3. The molecule has 1 aliphatic rings. The van der Waals surface area contributed by atoms with Crippen molar-refractivity contribution in [3.63, 3.8) is 0 Å². The van der Waals surface area contributed by atoms with Gasteiger partial charge in [0.2, 0.25) is 0 Å². The lowest BCUT2D eigenvalue weighted by Gasteiger charge is -2.22. The first-order chi connectivity index (χ1) is 12.0. The third kappa shape index (κ3) is 2.87. The predicted octanol–water partition coefficient (Wildman–Crippen LogP) is 3.67. The van der Waals surface area contributed by atoms with Gasteiger partial charge in [0.05, 0.1) is 17.8 Å². The Morgan fingerprint density at radius 3 is 2.88 bits per heavy atom. The third-order valence-electron chi connectivity index (χ3n) is 4.91. The van der Waals surface area contributed by atoms with E-state index < -0.39 is 0 Å². The van der Waals surface area contributed by atoms with Crippen LogP contribution in [0.15, 0.2) is 30.5 Å². The number of anilines is 1. The number of rotatable bonds is 3. The highest BCUT2D eigenvalue weighted by atomic mass is 19.1. The van der Waals surface area contributed by atoms with Crippen LogP contribution < -0.4 is 5.32 Å². The van der Waals surface area contributed by atoms with Crippen molar-refractivity contribution in [1.82, 2.24) is 14.8 Å². The van der Waals surface area contributed by atoms with Crippen molar-refractivity contribution in [2.45, 2.75) is 32.4 Å². The summed E-state index contributed by atoms with van der Waals surface area (Å²) < 4.78 is 21.6. The Morgan fingerprint density at radius 1 is 1.28 bits per heavy atom. The normalized spacial score (nSPS) is 20.3. The number of nitrogens with one attached hydrogen (secondary N) is 1. The quantitative estimate of drug-likeness (QED) is 0.790. The summed E-state index contributed by atoms with van der Waals surface area (Å²) in [4.78, 5) is 4.50. The summed E-state index contributed by atoms with van der Waals surface area (Å²) in [6.07, 6.45) is 2.69. The van der Waals surface area contributed by atoms with Gasteiger partial charge in [0.1, 0.15) is 11.9 Å². The van der Waals surface area contributed by atoms with Crippen molar-refractivity contribution in [2.24, 2.45) is 7.05 Å². The minimum atomic E-state index is -0.261. The molecule has 0 bridgehead atoms. The maximum atomic E-state index is 13.7. The van der Waals surface area contributed by atoms with Crippen molar-refractivity contribution in [3.8, 4) is 0 Å². The molecule has 0 saturated carbocycles. The zero-order chi connectivity index (χ0) is 17.6. The summed E-state index contributed by atoms with van der Waals surface area (Å²) in [6, 6.07) is 6.77. The fourth-order valence-corrected chi connectivity index (χ4v) is 3.49. The average Bonchev–Trinajstić information content (AvgIpc) is 3.15. The molecule has 1 N–H and O–H groups in total. The van der Waals surface area contributed by atoms with Crippen LogP contribution in [0.5, 0.6) is 0 Å². The first-order valence-electron chi connectivity index (χ1n) is 8.46. The zero-order valence-corrected chi connectivity index (χ0v) is 14.6. The molecule has 4 rings (SSSR count). The van der Waals surface area contributed by atoms with Crippen molar-refractivity contribution in [3.05, 3.63) is 53.2 Å². The molecule has 3 aromatic rings. The molecular weight excluding hydrogens is 319 g/mol. The standard InChI is InChI=1S/C19H21FN4O/c1-11-8-18(14-9-13(20)4-5-16(14)22-11)23-17-6-7-25-19(17)15-10-21-24(3)12(15)2/h4-5,8-10,17,19H,6-7H2,1-3H3,(H,22,23)/t17-,19+/m0/s1. The van der Waals surface area contributed by atoms with Gasteiger partial charge in [-0.2, -0.15) is 5.10 Å². The Kier molecular flexibility index (Phi) is 3.92. The van der Waals surface area contributed by atoms with Crippen molar-refractivity contribution in [1.29, 1.82) is 0 Å². The van der Waals surface area contributed by atoms with Gasteiger partial charge >= 0.3 is 0 Å². The molecule has 2 aromatic heterocycles. The molecule has 0 aliphatic carbocycles. The number of hydrogen-bond donors (Lipinski definition) is 1. The van der Waals surface area contributed by atoms with Crippen molar-refractivity contribution in [2.75, 3.05) is 11.9 Å². The highest BCUT2D eigenvalue weighted by molar-refractivity contribution is 5.91. The van der Waals surface area contributed by atoms with Crippen LogP contribution in [0.4, 0.5) is 10.1 Å². The predicted molar refractivity (Wildman–Crippen MR) is 95.1 cm³/mol. The highest BCUT2D eigenvalue weighted by Crippen LogP contribution is 2.34. The van der Waals surface area contributed by atoms with Crippen LogP contribution in [0.3, 0.4) is 0 Å². The van der Waals surface area contributed by atoms with Gasteiger partial charge in [-0.05, 0) is 44.5 Å². The maximum Gasteiger partial charge on any atom is 0.124 e. The number of aryl methyl sites for hydroxylation is 2. The van der Waals surface area contributed by atoms with E-state index in [0.717, 1.165) is 40.0 Å². The highest BCUT2D eigenvalue weighted by Gasteiger charge is 2.32. The summed E-state index contributed by atoms with van der Waals surface area (Å²) >= 11 is 0. The monoisotopic (exact) mass is 340 g/mol. The lowest BCUT2D eigenvalue weighted by molar-refractivity contribution is 0.107. The molecule has 1 saturated heterocycles. The first-order valence-corrected chi connectivity index (χ1v) is 8.46. The van der Waals surface area contributed by atoms with Crippen LogP contribution in [0.2, 0.25) is 0 Å². The summed E-state index contributed by atoms with van der Waals surface area (Å²) in [5.41, 5.74) is 4.77. The molecule has 1 aromatic carbocycles. The Bertz CT molecular complexity index is 937. The topological polar surface area (TPSA) is 52.0 Å². The Balaban J connectivity index is 1.70. The van der Waals surface area contributed by atoms with Crippen molar-refractivity contribution < 1.29 is 9.13 Å². The van der Waals surface area contributed by atoms with Gasteiger partial charge in [-0.1, -0.05) is 0 Å². The minimum absolute atomic E-state index is 0.0641. The fraction of sp³-hybridized carbons (Fsp3) is 0.368. The van der Waals surface area contributed by atoms with Gasteiger partial charge in [0.25, 0.3) is 0 Å². The van der Waals surface area contributed by atoms with Gasteiger partial charge in [0.15, 0.2) is 0 Å². The SMILES string of the molecule is Cc1cc(N[C@H]2CCO[C@@H]2c2cnn(C)c2C)c2cc(F)ccc2n1. The second-order valence-corrected chi connectivity index (χ2v) is 6.61. The van der Waals surface area contributed by atoms with E-state index in [2.05, 4.69) is 15.4 Å². The van der Waals surface area contributed by atoms with Crippen LogP contribution in [0, 0.1) is 19.7 Å². The summed E-state index contributed by atoms with van der Waals surface area (Å²) in [7, 11) is 1.93. The largest absolute Gasteiger partial charge is 0.379 e. The second kappa shape index (κ2) is 6.11. The Labute approximate surface area is 145 Å². The molecular formula is C19H21FN4O. The number of fused-ring (bicyclic) bond motifs is 1. The van der Waals surface area contributed by atoms with Gasteiger partial charge in [-0.3, -0.25) is 9.67 Å². The molecule has 1 fully saturated rings. The maximum absolute atomic E-state index is 13.7. The molecule has 0 spiro atoms. The molecule has 3 heterocycles. The number of halogens is 1. The van der Waals surface area contributed by atoms with Crippen LogP contribution in [0.1, 0.15) is 29.5 Å². The van der Waals surface area contributed by atoms with Gasteiger partial charge < -0.3 is 10.1 Å². The lowest BCUT2D eigenvalue weighted by atomic mass is 10.0. The van der Waals surface area contributed by atoms with Crippen LogP contribution >= 0.6 is 0 Å². The van der Waals surface area contributed by atoms with E-state index in [1.807, 2.05) is 37.8 Å². The molecule has 1 aliphatic heterocycles. The number of hydrogen-bond acceptors (Lipinski definition) is 4. The van der Waals surface area contributed by atoms with E-state index in [1.54, 1.807) is 6.07 Å².